The molecule has 0 fully saturated rings. The first-order valence-electron chi connectivity index (χ1n) is 3.18. The molecule has 0 aromatic carbocycles. The van der Waals surface area contributed by atoms with Crippen molar-refractivity contribution >= 4 is 0 Å². The van der Waals surface area contributed by atoms with Gasteiger partial charge in [0, 0.05) is 13.0 Å². The Labute approximate surface area is 57.4 Å². The zero-order chi connectivity index (χ0) is 6.95. The Bertz CT molecular complexity index is 96.9. The second kappa shape index (κ2) is 7.52. The predicted molar refractivity (Wildman–Crippen MR) is 38.9 cm³/mol. The molecule has 0 aliphatic rings. The predicted octanol–water partition coefficient (Wildman–Crippen LogP) is 1.64. The lowest BCUT2D eigenvalue weighted by Crippen LogP contribution is -1.93. The zero-order valence-electron chi connectivity index (χ0n) is 5.94. The van der Waals surface area contributed by atoms with Crippen LogP contribution < -0.4 is 0 Å². The van der Waals surface area contributed by atoms with Crippen LogP contribution in [0.5, 0.6) is 0 Å². The third-order valence-corrected chi connectivity index (χ3v) is 0.837. The SMILES string of the molecule is [CH2]CCOCCC#CC. The molecule has 0 saturated heterocycles. The summed E-state index contributed by atoms with van der Waals surface area (Å²) in [6, 6.07) is 0. The molecular weight excluding hydrogens is 112 g/mol. The van der Waals surface area contributed by atoms with Crippen molar-refractivity contribution in [3.05, 3.63) is 6.92 Å². The number of hydrogen-bond acceptors (Lipinski definition) is 1. The summed E-state index contributed by atoms with van der Waals surface area (Å²) in [5.41, 5.74) is 0. The van der Waals surface area contributed by atoms with E-state index in [1.54, 1.807) is 0 Å². The van der Waals surface area contributed by atoms with Gasteiger partial charge in [-0.15, -0.1) is 11.8 Å². The number of ether oxygens (including phenoxy) is 1. The lowest BCUT2D eigenvalue weighted by molar-refractivity contribution is 0.144. The molecule has 0 unspecified atom stereocenters. The summed E-state index contributed by atoms with van der Waals surface area (Å²) in [5.74, 6) is 5.71. The quantitative estimate of drug-likeness (QED) is 0.410. The molecule has 0 amide bonds. The van der Waals surface area contributed by atoms with Crippen molar-refractivity contribution < 1.29 is 4.74 Å². The summed E-state index contributed by atoms with van der Waals surface area (Å²) in [6.07, 6.45) is 1.69. The molecule has 0 saturated carbocycles. The third kappa shape index (κ3) is 7.52. The van der Waals surface area contributed by atoms with Gasteiger partial charge < -0.3 is 4.74 Å². The summed E-state index contributed by atoms with van der Waals surface area (Å²) < 4.78 is 5.12. The van der Waals surface area contributed by atoms with Crippen molar-refractivity contribution in [2.75, 3.05) is 13.2 Å². The van der Waals surface area contributed by atoms with Gasteiger partial charge in [0.15, 0.2) is 0 Å². The monoisotopic (exact) mass is 125 g/mol. The standard InChI is InChI=1S/C8H13O/c1-3-5-6-8-9-7-4-2/h2,4,6-8H2,1H3. The average molecular weight is 125 g/mol. The van der Waals surface area contributed by atoms with Gasteiger partial charge in [0.1, 0.15) is 0 Å². The first-order valence-corrected chi connectivity index (χ1v) is 3.18. The van der Waals surface area contributed by atoms with E-state index >= 15 is 0 Å². The lowest BCUT2D eigenvalue weighted by atomic mass is 10.4. The van der Waals surface area contributed by atoms with Gasteiger partial charge in [-0.1, -0.05) is 6.92 Å². The maximum absolute atomic E-state index is 5.12. The highest BCUT2D eigenvalue weighted by Crippen LogP contribution is 1.82. The van der Waals surface area contributed by atoms with E-state index in [1.807, 2.05) is 6.92 Å². The normalized spacial score (nSPS) is 8.22. The summed E-state index contributed by atoms with van der Waals surface area (Å²) in [6.45, 7) is 6.98. The fraction of sp³-hybridized carbons (Fsp3) is 0.625. The summed E-state index contributed by atoms with van der Waals surface area (Å²) in [5, 5.41) is 0. The first-order chi connectivity index (χ1) is 4.41. The molecule has 0 atom stereocenters. The van der Waals surface area contributed by atoms with E-state index in [0.29, 0.717) is 0 Å². The molecule has 0 N–H and O–H groups in total. The highest BCUT2D eigenvalue weighted by Gasteiger charge is 1.80. The topological polar surface area (TPSA) is 9.23 Å². The maximum Gasteiger partial charge on any atom is 0.0575 e. The zero-order valence-corrected chi connectivity index (χ0v) is 5.94. The molecule has 9 heavy (non-hydrogen) atoms. The van der Waals surface area contributed by atoms with Gasteiger partial charge in [0.2, 0.25) is 0 Å². The van der Waals surface area contributed by atoms with Crippen molar-refractivity contribution in [3.8, 4) is 11.8 Å². The van der Waals surface area contributed by atoms with Crippen LogP contribution in [0.4, 0.5) is 0 Å². The van der Waals surface area contributed by atoms with Crippen LogP contribution in [0.1, 0.15) is 19.8 Å². The average Bonchev–Trinajstić information content (AvgIpc) is 1.89. The van der Waals surface area contributed by atoms with Gasteiger partial charge in [-0.05, 0) is 13.3 Å². The van der Waals surface area contributed by atoms with E-state index in [0.717, 1.165) is 26.1 Å². The highest BCUT2D eigenvalue weighted by molar-refractivity contribution is 4.94. The van der Waals surface area contributed by atoms with Gasteiger partial charge >= 0.3 is 0 Å². The second-order valence-electron chi connectivity index (χ2n) is 1.64. The van der Waals surface area contributed by atoms with Crippen LogP contribution >= 0.6 is 0 Å². The van der Waals surface area contributed by atoms with Crippen LogP contribution in [0, 0.1) is 18.8 Å². The molecule has 0 aliphatic heterocycles. The van der Waals surface area contributed by atoms with Gasteiger partial charge in [-0.2, -0.15) is 0 Å². The molecule has 0 bridgehead atoms. The molecule has 51 valence electrons. The van der Waals surface area contributed by atoms with E-state index in [9.17, 15) is 0 Å². The Morgan fingerprint density at radius 1 is 1.44 bits per heavy atom. The minimum Gasteiger partial charge on any atom is -0.380 e. The fourth-order valence-electron chi connectivity index (χ4n) is 0.452. The highest BCUT2D eigenvalue weighted by atomic mass is 16.5. The minimum atomic E-state index is 0.746. The van der Waals surface area contributed by atoms with Crippen molar-refractivity contribution in [2.24, 2.45) is 0 Å². The lowest BCUT2D eigenvalue weighted by Gasteiger charge is -1.95. The van der Waals surface area contributed by atoms with Crippen LogP contribution in [0.2, 0.25) is 0 Å². The Hall–Kier alpha value is -0.480. The van der Waals surface area contributed by atoms with Crippen molar-refractivity contribution in [1.82, 2.24) is 0 Å². The molecule has 0 aromatic rings. The van der Waals surface area contributed by atoms with Gasteiger partial charge in [0.05, 0.1) is 6.61 Å². The largest absolute Gasteiger partial charge is 0.380 e. The van der Waals surface area contributed by atoms with Gasteiger partial charge in [-0.25, -0.2) is 0 Å². The summed E-state index contributed by atoms with van der Waals surface area (Å²) in [4.78, 5) is 0. The van der Waals surface area contributed by atoms with Crippen LogP contribution in [0.25, 0.3) is 0 Å². The van der Waals surface area contributed by atoms with E-state index in [2.05, 4.69) is 18.8 Å². The van der Waals surface area contributed by atoms with E-state index in [-0.39, 0.29) is 0 Å². The Kier molecular flexibility index (Phi) is 7.12. The molecule has 0 spiro atoms. The Morgan fingerprint density at radius 2 is 2.22 bits per heavy atom. The van der Waals surface area contributed by atoms with E-state index in [1.165, 1.54) is 0 Å². The Balaban J connectivity index is 2.80. The smallest absolute Gasteiger partial charge is 0.0575 e. The minimum absolute atomic E-state index is 0.746. The van der Waals surface area contributed by atoms with Crippen LogP contribution in [-0.4, -0.2) is 13.2 Å². The second-order valence-corrected chi connectivity index (χ2v) is 1.64. The first kappa shape index (κ1) is 8.52. The van der Waals surface area contributed by atoms with Gasteiger partial charge in [0.25, 0.3) is 0 Å². The molecule has 1 heteroatoms. The molecule has 0 aromatic heterocycles. The number of hydrogen-bond donors (Lipinski definition) is 0. The van der Waals surface area contributed by atoms with Crippen LogP contribution in [0.3, 0.4) is 0 Å². The van der Waals surface area contributed by atoms with E-state index in [4.69, 9.17) is 4.74 Å². The molecule has 0 heterocycles. The molecule has 1 radical (unpaired) electrons. The van der Waals surface area contributed by atoms with Crippen molar-refractivity contribution in [3.63, 3.8) is 0 Å². The van der Waals surface area contributed by atoms with Crippen molar-refractivity contribution in [1.29, 1.82) is 0 Å². The molecule has 1 nitrogen and oxygen atoms in total. The van der Waals surface area contributed by atoms with E-state index < -0.39 is 0 Å². The summed E-state index contributed by atoms with van der Waals surface area (Å²) >= 11 is 0. The summed E-state index contributed by atoms with van der Waals surface area (Å²) in [7, 11) is 0. The van der Waals surface area contributed by atoms with Gasteiger partial charge in [-0.3, -0.25) is 0 Å². The Morgan fingerprint density at radius 3 is 2.78 bits per heavy atom. The fourth-order valence-corrected chi connectivity index (χ4v) is 0.452. The molecule has 0 aliphatic carbocycles. The molecule has 0 rings (SSSR count). The number of rotatable bonds is 4. The van der Waals surface area contributed by atoms with Crippen LogP contribution in [-0.2, 0) is 4.74 Å². The third-order valence-electron chi connectivity index (χ3n) is 0.837. The maximum atomic E-state index is 5.12. The van der Waals surface area contributed by atoms with Crippen molar-refractivity contribution in [2.45, 2.75) is 19.8 Å². The molecular formula is C8H13O. The van der Waals surface area contributed by atoms with Crippen LogP contribution in [0.15, 0.2) is 0 Å².